The number of amides is 1. The van der Waals surface area contributed by atoms with Crippen LogP contribution in [0.1, 0.15) is 15.9 Å². The molecular formula is C21H16F3N5O2. The maximum absolute atomic E-state index is 14.8. The van der Waals surface area contributed by atoms with Gasteiger partial charge in [0.1, 0.15) is 0 Å². The summed E-state index contributed by atoms with van der Waals surface area (Å²) in [7, 11) is 1.24. The molecule has 0 spiro atoms. The molecule has 0 saturated carbocycles. The molecule has 7 nitrogen and oxygen atoms in total. The van der Waals surface area contributed by atoms with Crippen molar-refractivity contribution in [3.63, 3.8) is 0 Å². The molecule has 10 heteroatoms. The number of nitrogens with one attached hydrogen (secondary N) is 1. The predicted molar refractivity (Wildman–Crippen MR) is 108 cm³/mol. The van der Waals surface area contributed by atoms with Gasteiger partial charge in [0.05, 0.1) is 30.3 Å². The first-order valence-electron chi connectivity index (χ1n) is 9.03. The lowest BCUT2D eigenvalue weighted by atomic mass is 10.1. The van der Waals surface area contributed by atoms with E-state index in [-0.39, 0.29) is 39.7 Å². The standard InChI is InChI=1S/C21H16F3N5O2/c1-10-3-5-12(17(23)15(10)19(25)30)28-20-21-27-9-13(29(21)8-7-26-20)11-4-6-14(31-2)18(24)16(11)22/h3-9H,1-2H3,(H2,25,30)(H,26,28). The van der Waals surface area contributed by atoms with Gasteiger partial charge in [0, 0.05) is 18.0 Å². The summed E-state index contributed by atoms with van der Waals surface area (Å²) in [5.74, 6) is -4.03. The zero-order chi connectivity index (χ0) is 22.3. The lowest BCUT2D eigenvalue weighted by Gasteiger charge is -2.12. The number of rotatable bonds is 5. The van der Waals surface area contributed by atoms with Crippen LogP contribution in [0.2, 0.25) is 0 Å². The van der Waals surface area contributed by atoms with Crippen molar-refractivity contribution in [1.82, 2.24) is 14.4 Å². The number of aromatic nitrogens is 3. The van der Waals surface area contributed by atoms with E-state index in [1.807, 2.05) is 0 Å². The van der Waals surface area contributed by atoms with Crippen LogP contribution in [-0.2, 0) is 0 Å². The molecule has 0 radical (unpaired) electrons. The third kappa shape index (κ3) is 3.31. The zero-order valence-electron chi connectivity index (χ0n) is 16.4. The van der Waals surface area contributed by atoms with Gasteiger partial charge >= 0.3 is 0 Å². The molecule has 0 aliphatic rings. The van der Waals surface area contributed by atoms with Gasteiger partial charge in [0.15, 0.2) is 28.8 Å². The van der Waals surface area contributed by atoms with E-state index in [4.69, 9.17) is 10.5 Å². The summed E-state index contributed by atoms with van der Waals surface area (Å²) < 4.78 is 49.8. The number of aryl methyl sites for hydroxylation is 1. The second kappa shape index (κ2) is 7.63. The number of methoxy groups -OCH3 is 1. The van der Waals surface area contributed by atoms with E-state index in [2.05, 4.69) is 15.3 Å². The highest BCUT2D eigenvalue weighted by molar-refractivity contribution is 5.96. The topological polar surface area (TPSA) is 94.5 Å². The normalized spacial score (nSPS) is 11.0. The second-order valence-corrected chi connectivity index (χ2v) is 6.66. The number of anilines is 2. The van der Waals surface area contributed by atoms with Crippen molar-refractivity contribution in [3.05, 3.63) is 71.4 Å². The summed E-state index contributed by atoms with van der Waals surface area (Å²) in [6.07, 6.45) is 4.23. The fourth-order valence-electron chi connectivity index (χ4n) is 3.29. The molecule has 0 atom stereocenters. The number of nitrogens with two attached hydrogens (primary N) is 1. The maximum Gasteiger partial charge on any atom is 0.252 e. The largest absolute Gasteiger partial charge is 0.494 e. The van der Waals surface area contributed by atoms with Gasteiger partial charge in [0.25, 0.3) is 5.91 Å². The molecule has 158 valence electrons. The highest BCUT2D eigenvalue weighted by Gasteiger charge is 2.20. The van der Waals surface area contributed by atoms with E-state index < -0.39 is 23.4 Å². The van der Waals surface area contributed by atoms with Crippen LogP contribution in [-0.4, -0.2) is 27.4 Å². The number of nitrogens with zero attached hydrogens (tertiary/aromatic N) is 3. The minimum Gasteiger partial charge on any atom is -0.494 e. The van der Waals surface area contributed by atoms with Crippen molar-refractivity contribution in [2.75, 3.05) is 12.4 Å². The molecule has 0 aliphatic carbocycles. The van der Waals surface area contributed by atoms with Gasteiger partial charge in [0.2, 0.25) is 5.82 Å². The Balaban J connectivity index is 1.81. The molecule has 0 aliphatic heterocycles. The van der Waals surface area contributed by atoms with Gasteiger partial charge < -0.3 is 15.8 Å². The van der Waals surface area contributed by atoms with Gasteiger partial charge in [-0.2, -0.15) is 4.39 Å². The first-order chi connectivity index (χ1) is 14.8. The summed E-state index contributed by atoms with van der Waals surface area (Å²) >= 11 is 0. The third-order valence-corrected chi connectivity index (χ3v) is 4.82. The Morgan fingerprint density at radius 2 is 1.87 bits per heavy atom. The number of halogens is 3. The summed E-state index contributed by atoms with van der Waals surface area (Å²) in [6.45, 7) is 1.56. The van der Waals surface area contributed by atoms with Crippen LogP contribution in [0.25, 0.3) is 16.9 Å². The Hall–Kier alpha value is -4.08. The summed E-state index contributed by atoms with van der Waals surface area (Å²) in [5, 5.41) is 2.78. The Morgan fingerprint density at radius 3 is 2.58 bits per heavy atom. The maximum atomic E-state index is 14.8. The Bertz CT molecular complexity index is 1340. The van der Waals surface area contributed by atoms with E-state index in [1.54, 1.807) is 6.92 Å². The average Bonchev–Trinajstić information content (AvgIpc) is 3.17. The van der Waals surface area contributed by atoms with E-state index in [0.717, 1.165) is 0 Å². The lowest BCUT2D eigenvalue weighted by molar-refractivity contribution is 0.0996. The van der Waals surface area contributed by atoms with Crippen molar-refractivity contribution in [2.45, 2.75) is 6.92 Å². The number of hydrogen-bond donors (Lipinski definition) is 2. The number of fused-ring (bicyclic) bond motifs is 1. The van der Waals surface area contributed by atoms with Gasteiger partial charge in [-0.15, -0.1) is 0 Å². The van der Waals surface area contributed by atoms with Gasteiger partial charge in [-0.1, -0.05) is 6.07 Å². The molecule has 2 heterocycles. The first kappa shape index (κ1) is 20.2. The first-order valence-corrected chi connectivity index (χ1v) is 9.03. The summed E-state index contributed by atoms with van der Waals surface area (Å²) in [6, 6.07) is 5.65. The molecule has 0 saturated heterocycles. The molecule has 2 aromatic carbocycles. The molecule has 0 fully saturated rings. The number of primary amides is 1. The number of ether oxygens (including phenoxy) is 1. The fourth-order valence-corrected chi connectivity index (χ4v) is 3.29. The van der Waals surface area contributed by atoms with Crippen LogP contribution in [0, 0.1) is 24.4 Å². The molecule has 1 amide bonds. The number of hydrogen-bond acceptors (Lipinski definition) is 5. The molecule has 2 aromatic heterocycles. The van der Waals surface area contributed by atoms with Crippen molar-refractivity contribution >= 4 is 23.1 Å². The number of imidazole rings is 1. The molecule has 3 N–H and O–H groups in total. The van der Waals surface area contributed by atoms with E-state index >= 15 is 0 Å². The molecular weight excluding hydrogens is 411 g/mol. The lowest BCUT2D eigenvalue weighted by Crippen LogP contribution is -2.16. The SMILES string of the molecule is COc1ccc(-c2cnc3c(Nc4ccc(C)c(C(N)=O)c4F)nccn23)c(F)c1F. The molecule has 0 bridgehead atoms. The van der Waals surface area contributed by atoms with Crippen LogP contribution < -0.4 is 15.8 Å². The van der Waals surface area contributed by atoms with Crippen molar-refractivity contribution in [1.29, 1.82) is 0 Å². The van der Waals surface area contributed by atoms with Crippen molar-refractivity contribution < 1.29 is 22.7 Å². The van der Waals surface area contributed by atoms with Crippen LogP contribution in [0.5, 0.6) is 5.75 Å². The van der Waals surface area contributed by atoms with Crippen molar-refractivity contribution in [3.8, 4) is 17.0 Å². The van der Waals surface area contributed by atoms with Crippen LogP contribution in [0.4, 0.5) is 24.7 Å². The highest BCUT2D eigenvalue weighted by atomic mass is 19.2. The molecule has 0 unspecified atom stereocenters. The summed E-state index contributed by atoms with van der Waals surface area (Å²) in [4.78, 5) is 19.9. The number of carbonyl (C=O) groups excluding carboxylic acids is 1. The van der Waals surface area contributed by atoms with E-state index in [9.17, 15) is 18.0 Å². The monoisotopic (exact) mass is 427 g/mol. The van der Waals surface area contributed by atoms with E-state index in [0.29, 0.717) is 5.56 Å². The third-order valence-electron chi connectivity index (χ3n) is 4.82. The Labute approximate surface area is 174 Å². The van der Waals surface area contributed by atoms with Gasteiger partial charge in [-0.05, 0) is 30.7 Å². The molecule has 4 aromatic rings. The smallest absolute Gasteiger partial charge is 0.252 e. The molecule has 31 heavy (non-hydrogen) atoms. The average molecular weight is 427 g/mol. The summed E-state index contributed by atoms with van der Waals surface area (Å²) in [5.41, 5.74) is 5.83. The van der Waals surface area contributed by atoms with Gasteiger partial charge in [-0.3, -0.25) is 9.20 Å². The minimum absolute atomic E-state index is 0.0359. The van der Waals surface area contributed by atoms with Crippen LogP contribution in [0.15, 0.2) is 42.9 Å². The predicted octanol–water partition coefficient (Wildman–Crippen LogP) is 3.97. The fraction of sp³-hybridized carbons (Fsp3) is 0.0952. The highest BCUT2D eigenvalue weighted by Crippen LogP contribution is 2.32. The van der Waals surface area contributed by atoms with Crippen LogP contribution in [0.3, 0.4) is 0 Å². The van der Waals surface area contributed by atoms with Crippen LogP contribution >= 0.6 is 0 Å². The minimum atomic E-state index is -1.12. The van der Waals surface area contributed by atoms with E-state index in [1.165, 1.54) is 54.4 Å². The number of carbonyl (C=O) groups is 1. The molecule has 4 rings (SSSR count). The number of benzene rings is 2. The zero-order valence-corrected chi connectivity index (χ0v) is 16.4. The quantitative estimate of drug-likeness (QED) is 0.503. The Morgan fingerprint density at radius 1 is 1.10 bits per heavy atom. The van der Waals surface area contributed by atoms with Crippen molar-refractivity contribution in [2.24, 2.45) is 5.73 Å². The second-order valence-electron chi connectivity index (χ2n) is 6.66. The van der Waals surface area contributed by atoms with Gasteiger partial charge in [-0.25, -0.2) is 18.7 Å². The Kier molecular flexibility index (Phi) is 4.97.